The van der Waals surface area contributed by atoms with Gasteiger partial charge in [0.05, 0.1) is 0 Å². The minimum Gasteiger partial charge on any atom is -0.491 e. The molecule has 0 saturated heterocycles. The summed E-state index contributed by atoms with van der Waals surface area (Å²) in [4.78, 5) is 0. The number of rotatable bonds is 6. The first kappa shape index (κ1) is 18.3. The molecule has 0 aliphatic heterocycles. The third kappa shape index (κ3) is 5.17. The SMILES string of the molecule is CC(C)NC(C)C(O)COc1cccc2c1CCCC2.Cl. The molecule has 0 heterocycles. The largest absolute Gasteiger partial charge is 0.491 e. The highest BCUT2D eigenvalue weighted by Crippen LogP contribution is 2.29. The van der Waals surface area contributed by atoms with Gasteiger partial charge in [0, 0.05) is 12.1 Å². The minimum absolute atomic E-state index is 0. The van der Waals surface area contributed by atoms with Gasteiger partial charge in [0.25, 0.3) is 0 Å². The zero-order valence-corrected chi connectivity index (χ0v) is 14.1. The van der Waals surface area contributed by atoms with Crippen molar-refractivity contribution in [2.75, 3.05) is 6.61 Å². The van der Waals surface area contributed by atoms with Crippen molar-refractivity contribution >= 4 is 12.4 Å². The Balaban J connectivity index is 0.00000220. The molecule has 120 valence electrons. The molecule has 2 unspecified atom stereocenters. The molecule has 2 atom stereocenters. The van der Waals surface area contributed by atoms with Gasteiger partial charge < -0.3 is 15.2 Å². The van der Waals surface area contributed by atoms with E-state index >= 15 is 0 Å². The highest BCUT2D eigenvalue weighted by atomic mass is 35.5. The van der Waals surface area contributed by atoms with Gasteiger partial charge in [0.15, 0.2) is 0 Å². The smallest absolute Gasteiger partial charge is 0.122 e. The predicted octanol–water partition coefficient (Wildman–Crippen LogP) is 3.11. The third-order valence-electron chi connectivity index (χ3n) is 3.94. The average molecular weight is 314 g/mol. The van der Waals surface area contributed by atoms with Gasteiger partial charge in [-0.05, 0) is 49.8 Å². The second-order valence-electron chi connectivity index (χ2n) is 6.09. The van der Waals surface area contributed by atoms with Crippen LogP contribution in [0.25, 0.3) is 0 Å². The third-order valence-corrected chi connectivity index (χ3v) is 3.94. The van der Waals surface area contributed by atoms with Crippen LogP contribution in [0.1, 0.15) is 44.7 Å². The predicted molar refractivity (Wildman–Crippen MR) is 89.6 cm³/mol. The van der Waals surface area contributed by atoms with E-state index in [1.165, 1.54) is 24.0 Å². The van der Waals surface area contributed by atoms with E-state index in [4.69, 9.17) is 4.74 Å². The van der Waals surface area contributed by atoms with Crippen LogP contribution in [0.4, 0.5) is 0 Å². The van der Waals surface area contributed by atoms with Crippen molar-refractivity contribution in [2.45, 2.75) is 64.6 Å². The first-order valence-electron chi connectivity index (χ1n) is 7.75. The molecule has 3 nitrogen and oxygen atoms in total. The molecule has 2 N–H and O–H groups in total. The summed E-state index contributed by atoms with van der Waals surface area (Å²) in [5.74, 6) is 0.956. The van der Waals surface area contributed by atoms with E-state index in [9.17, 15) is 5.11 Å². The van der Waals surface area contributed by atoms with Gasteiger partial charge in [-0.1, -0.05) is 26.0 Å². The van der Waals surface area contributed by atoms with E-state index in [1.54, 1.807) is 0 Å². The summed E-state index contributed by atoms with van der Waals surface area (Å²) >= 11 is 0. The van der Waals surface area contributed by atoms with E-state index in [0.717, 1.165) is 18.6 Å². The number of aliphatic hydroxyl groups is 1. The summed E-state index contributed by atoms with van der Waals surface area (Å²) in [5.41, 5.74) is 2.76. The van der Waals surface area contributed by atoms with E-state index in [1.807, 2.05) is 13.0 Å². The molecule has 4 heteroatoms. The Bertz CT molecular complexity index is 437. The number of nitrogens with one attached hydrogen (secondary N) is 1. The lowest BCUT2D eigenvalue weighted by Gasteiger charge is -2.24. The minimum atomic E-state index is -0.489. The van der Waals surface area contributed by atoms with Crippen LogP contribution in [0.3, 0.4) is 0 Å². The summed E-state index contributed by atoms with van der Waals surface area (Å²) in [7, 11) is 0. The lowest BCUT2D eigenvalue weighted by atomic mass is 9.91. The Kier molecular flexibility index (Phi) is 7.50. The molecule has 0 spiro atoms. The molecular formula is C17H28ClNO2. The number of hydrogen-bond donors (Lipinski definition) is 2. The van der Waals surface area contributed by atoms with E-state index in [-0.39, 0.29) is 18.4 Å². The zero-order chi connectivity index (χ0) is 14.5. The fraction of sp³-hybridized carbons (Fsp3) is 0.647. The normalized spacial score (nSPS) is 16.8. The maximum Gasteiger partial charge on any atom is 0.122 e. The van der Waals surface area contributed by atoms with Crippen LogP contribution < -0.4 is 10.1 Å². The maximum absolute atomic E-state index is 10.1. The molecule has 0 fully saturated rings. The molecule has 1 aliphatic carbocycles. The lowest BCUT2D eigenvalue weighted by Crippen LogP contribution is -2.43. The first-order chi connectivity index (χ1) is 9.58. The number of hydrogen-bond acceptors (Lipinski definition) is 3. The van der Waals surface area contributed by atoms with Crippen LogP contribution >= 0.6 is 12.4 Å². The highest BCUT2D eigenvalue weighted by Gasteiger charge is 2.18. The Labute approximate surface area is 134 Å². The van der Waals surface area contributed by atoms with Gasteiger partial charge in [0.1, 0.15) is 18.5 Å². The van der Waals surface area contributed by atoms with Crippen LogP contribution in [0.15, 0.2) is 18.2 Å². The van der Waals surface area contributed by atoms with E-state index in [2.05, 4.69) is 31.3 Å². The Morgan fingerprint density at radius 1 is 1.19 bits per heavy atom. The zero-order valence-electron chi connectivity index (χ0n) is 13.3. The van der Waals surface area contributed by atoms with Crippen molar-refractivity contribution in [3.63, 3.8) is 0 Å². The van der Waals surface area contributed by atoms with Gasteiger partial charge in [-0.3, -0.25) is 0 Å². The first-order valence-corrected chi connectivity index (χ1v) is 7.75. The molecular weight excluding hydrogens is 286 g/mol. The van der Waals surface area contributed by atoms with Crippen molar-refractivity contribution in [1.29, 1.82) is 0 Å². The van der Waals surface area contributed by atoms with Gasteiger partial charge in [-0.15, -0.1) is 12.4 Å². The van der Waals surface area contributed by atoms with Crippen molar-refractivity contribution in [3.05, 3.63) is 29.3 Å². The molecule has 2 rings (SSSR count). The van der Waals surface area contributed by atoms with Crippen LogP contribution in [-0.4, -0.2) is 29.9 Å². The molecule has 0 bridgehead atoms. The molecule has 21 heavy (non-hydrogen) atoms. The second-order valence-corrected chi connectivity index (χ2v) is 6.09. The van der Waals surface area contributed by atoms with Gasteiger partial charge in [-0.2, -0.15) is 0 Å². The van der Waals surface area contributed by atoms with Crippen LogP contribution in [-0.2, 0) is 12.8 Å². The number of halogens is 1. The van der Waals surface area contributed by atoms with Crippen molar-refractivity contribution < 1.29 is 9.84 Å². The second kappa shape index (κ2) is 8.62. The molecule has 1 aromatic rings. The van der Waals surface area contributed by atoms with Crippen LogP contribution in [0, 0.1) is 0 Å². The van der Waals surface area contributed by atoms with E-state index < -0.39 is 6.10 Å². The quantitative estimate of drug-likeness (QED) is 0.848. The van der Waals surface area contributed by atoms with Crippen molar-refractivity contribution in [2.24, 2.45) is 0 Å². The molecule has 0 amide bonds. The average Bonchev–Trinajstić information content (AvgIpc) is 2.44. The molecule has 1 aliphatic rings. The fourth-order valence-electron chi connectivity index (χ4n) is 2.84. The van der Waals surface area contributed by atoms with Gasteiger partial charge >= 0.3 is 0 Å². The summed E-state index contributed by atoms with van der Waals surface area (Å²) < 4.78 is 5.88. The van der Waals surface area contributed by atoms with E-state index in [0.29, 0.717) is 12.6 Å². The molecule has 1 aromatic carbocycles. The van der Waals surface area contributed by atoms with Gasteiger partial charge in [-0.25, -0.2) is 0 Å². The Morgan fingerprint density at radius 3 is 2.62 bits per heavy atom. The summed E-state index contributed by atoms with van der Waals surface area (Å²) in [6.07, 6.45) is 4.27. The summed E-state index contributed by atoms with van der Waals surface area (Å²) in [6, 6.07) is 6.68. The number of ether oxygens (including phenoxy) is 1. The van der Waals surface area contributed by atoms with Crippen LogP contribution in [0.5, 0.6) is 5.75 Å². The van der Waals surface area contributed by atoms with Crippen molar-refractivity contribution in [1.82, 2.24) is 5.32 Å². The molecule has 0 aromatic heterocycles. The maximum atomic E-state index is 10.1. The Morgan fingerprint density at radius 2 is 1.90 bits per heavy atom. The topological polar surface area (TPSA) is 41.5 Å². The lowest BCUT2D eigenvalue weighted by molar-refractivity contribution is 0.0754. The van der Waals surface area contributed by atoms with Gasteiger partial charge in [0.2, 0.25) is 0 Å². The number of fused-ring (bicyclic) bond motifs is 1. The number of aryl methyl sites for hydroxylation is 1. The molecule has 0 radical (unpaired) electrons. The highest BCUT2D eigenvalue weighted by molar-refractivity contribution is 5.85. The summed E-state index contributed by atoms with van der Waals surface area (Å²) in [5, 5.41) is 13.5. The Hall–Kier alpha value is -0.770. The number of aliphatic hydroxyl groups excluding tert-OH is 1. The van der Waals surface area contributed by atoms with Crippen LogP contribution in [0.2, 0.25) is 0 Å². The standard InChI is InChI=1S/C17H27NO2.ClH/c1-12(2)18-13(3)16(19)11-20-17-10-6-8-14-7-4-5-9-15(14)17;/h6,8,10,12-13,16,18-19H,4-5,7,9,11H2,1-3H3;1H. The summed E-state index contributed by atoms with van der Waals surface area (Å²) in [6.45, 7) is 6.50. The van der Waals surface area contributed by atoms with Crippen molar-refractivity contribution in [3.8, 4) is 5.75 Å². The molecule has 0 saturated carbocycles. The fourth-order valence-corrected chi connectivity index (χ4v) is 2.84. The number of benzene rings is 1. The monoisotopic (exact) mass is 313 g/mol.